The van der Waals surface area contributed by atoms with Crippen molar-refractivity contribution in [2.75, 3.05) is 13.2 Å². The molecule has 0 saturated heterocycles. The molecule has 0 aliphatic rings. The summed E-state index contributed by atoms with van der Waals surface area (Å²) in [6.07, 6.45) is 3.53. The minimum absolute atomic E-state index is 0.0587. The molecule has 0 aromatic heterocycles. The number of hydrogen-bond donors (Lipinski definition) is 0. The highest BCUT2D eigenvalue weighted by atomic mass is 16.5. The molecule has 0 amide bonds. The van der Waals surface area contributed by atoms with Crippen LogP contribution in [0.2, 0.25) is 0 Å². The largest absolute Gasteiger partial charge is 0.368 e. The summed E-state index contributed by atoms with van der Waals surface area (Å²) in [6.45, 7) is 7.60. The quantitative estimate of drug-likeness (QED) is 0.364. The Balaban J connectivity index is 3.66. The predicted octanol–water partition coefficient (Wildman–Crippen LogP) is 1.73. The number of allylic oxidation sites excluding steroid dienone is 2. The molecule has 0 aromatic rings. The summed E-state index contributed by atoms with van der Waals surface area (Å²) in [5, 5.41) is 0. The number of ether oxygens (including phenoxy) is 1. The van der Waals surface area contributed by atoms with E-state index in [-0.39, 0.29) is 12.4 Å². The zero-order valence-electron chi connectivity index (χ0n) is 8.09. The summed E-state index contributed by atoms with van der Waals surface area (Å²) in [5.74, 6) is 4.73. The highest BCUT2D eigenvalue weighted by Gasteiger charge is 1.96. The van der Waals surface area contributed by atoms with E-state index in [0.717, 1.165) is 5.57 Å². The van der Waals surface area contributed by atoms with Crippen molar-refractivity contribution in [1.82, 2.24) is 0 Å². The van der Waals surface area contributed by atoms with Gasteiger partial charge in [0, 0.05) is 0 Å². The molecule has 0 heterocycles. The fourth-order valence-electron chi connectivity index (χ4n) is 0.730. The van der Waals surface area contributed by atoms with E-state index in [1.165, 1.54) is 0 Å². The van der Waals surface area contributed by atoms with Crippen LogP contribution in [0.4, 0.5) is 0 Å². The number of hydrogen-bond acceptors (Lipinski definition) is 2. The van der Waals surface area contributed by atoms with E-state index < -0.39 is 0 Å². The molecule has 0 radical (unpaired) electrons. The highest BCUT2D eigenvalue weighted by Crippen LogP contribution is 1.93. The molecule has 0 fully saturated rings. The van der Waals surface area contributed by atoms with Gasteiger partial charge < -0.3 is 4.74 Å². The SMILES string of the molecule is C=C/C=C(\C)COCC(=O)C#CC. The monoisotopic (exact) mass is 178 g/mol. The van der Waals surface area contributed by atoms with E-state index in [9.17, 15) is 4.79 Å². The lowest BCUT2D eigenvalue weighted by atomic mass is 10.3. The van der Waals surface area contributed by atoms with E-state index in [2.05, 4.69) is 18.4 Å². The maximum atomic E-state index is 10.8. The molecule has 0 N–H and O–H groups in total. The average Bonchev–Trinajstić information content (AvgIpc) is 2.05. The maximum Gasteiger partial charge on any atom is 0.231 e. The Morgan fingerprint density at radius 3 is 2.77 bits per heavy atom. The molecule has 0 saturated carbocycles. The van der Waals surface area contributed by atoms with Crippen molar-refractivity contribution < 1.29 is 9.53 Å². The minimum Gasteiger partial charge on any atom is -0.368 e. The first-order valence-corrected chi connectivity index (χ1v) is 4.02. The molecule has 0 atom stereocenters. The standard InChI is InChI=1S/C11H14O2/c1-4-6-10(3)8-13-9-11(12)7-5-2/h4,6H,1,8-9H2,2-3H3/b10-6+. The number of carbonyl (C=O) groups is 1. The second-order valence-electron chi connectivity index (χ2n) is 2.54. The fourth-order valence-corrected chi connectivity index (χ4v) is 0.730. The summed E-state index contributed by atoms with van der Waals surface area (Å²) in [5.41, 5.74) is 1.03. The van der Waals surface area contributed by atoms with Gasteiger partial charge in [0.15, 0.2) is 0 Å². The number of ketones is 1. The summed E-state index contributed by atoms with van der Waals surface area (Å²) in [7, 11) is 0. The second-order valence-corrected chi connectivity index (χ2v) is 2.54. The third kappa shape index (κ3) is 7.04. The Kier molecular flexibility index (Phi) is 6.58. The first-order chi connectivity index (χ1) is 6.20. The third-order valence-corrected chi connectivity index (χ3v) is 1.23. The Morgan fingerprint density at radius 2 is 2.23 bits per heavy atom. The van der Waals surface area contributed by atoms with Gasteiger partial charge in [0.2, 0.25) is 5.78 Å². The van der Waals surface area contributed by atoms with E-state index in [4.69, 9.17) is 4.74 Å². The van der Waals surface area contributed by atoms with Gasteiger partial charge in [0.25, 0.3) is 0 Å². The summed E-state index contributed by atoms with van der Waals surface area (Å²) in [4.78, 5) is 10.8. The van der Waals surface area contributed by atoms with Gasteiger partial charge in [-0.15, -0.1) is 0 Å². The van der Waals surface area contributed by atoms with Crippen molar-refractivity contribution in [2.24, 2.45) is 0 Å². The molecular weight excluding hydrogens is 164 g/mol. The van der Waals surface area contributed by atoms with E-state index in [1.807, 2.05) is 13.0 Å². The van der Waals surface area contributed by atoms with Crippen LogP contribution >= 0.6 is 0 Å². The van der Waals surface area contributed by atoms with E-state index in [1.54, 1.807) is 13.0 Å². The van der Waals surface area contributed by atoms with Gasteiger partial charge in [-0.05, 0) is 25.3 Å². The Labute approximate surface area is 79.3 Å². The summed E-state index contributed by atoms with van der Waals surface area (Å²) >= 11 is 0. The van der Waals surface area contributed by atoms with Crippen molar-refractivity contribution in [3.05, 3.63) is 24.3 Å². The van der Waals surface area contributed by atoms with Gasteiger partial charge in [-0.2, -0.15) is 0 Å². The first kappa shape index (κ1) is 11.7. The normalized spacial score (nSPS) is 10.2. The zero-order valence-corrected chi connectivity index (χ0v) is 8.09. The smallest absolute Gasteiger partial charge is 0.231 e. The Bertz CT molecular complexity index is 264. The van der Waals surface area contributed by atoms with Crippen LogP contribution in [0.1, 0.15) is 13.8 Å². The molecule has 13 heavy (non-hydrogen) atoms. The molecule has 0 bridgehead atoms. The van der Waals surface area contributed by atoms with Gasteiger partial charge in [0.05, 0.1) is 6.61 Å². The maximum absolute atomic E-state index is 10.8. The summed E-state index contributed by atoms with van der Waals surface area (Å²) in [6, 6.07) is 0. The van der Waals surface area contributed by atoms with Crippen LogP contribution in [0, 0.1) is 11.8 Å². The molecule has 2 nitrogen and oxygen atoms in total. The molecule has 0 aliphatic carbocycles. The lowest BCUT2D eigenvalue weighted by Crippen LogP contribution is -2.07. The molecule has 2 heteroatoms. The van der Waals surface area contributed by atoms with Crippen LogP contribution in [0.5, 0.6) is 0 Å². The van der Waals surface area contributed by atoms with Crippen molar-refractivity contribution >= 4 is 5.78 Å². The van der Waals surface area contributed by atoms with E-state index >= 15 is 0 Å². The molecule has 0 aliphatic heterocycles. The summed E-state index contributed by atoms with van der Waals surface area (Å²) < 4.78 is 5.09. The highest BCUT2D eigenvalue weighted by molar-refractivity contribution is 5.96. The van der Waals surface area contributed by atoms with Crippen LogP contribution < -0.4 is 0 Å². The third-order valence-electron chi connectivity index (χ3n) is 1.23. The van der Waals surface area contributed by atoms with Gasteiger partial charge in [-0.3, -0.25) is 4.79 Å². The molecular formula is C11H14O2. The lowest BCUT2D eigenvalue weighted by molar-refractivity contribution is -0.117. The average molecular weight is 178 g/mol. The molecule has 0 aromatic carbocycles. The lowest BCUT2D eigenvalue weighted by Gasteiger charge is -1.99. The van der Waals surface area contributed by atoms with Crippen molar-refractivity contribution in [1.29, 1.82) is 0 Å². The van der Waals surface area contributed by atoms with Gasteiger partial charge >= 0.3 is 0 Å². The van der Waals surface area contributed by atoms with Crippen molar-refractivity contribution in [3.8, 4) is 11.8 Å². The van der Waals surface area contributed by atoms with Gasteiger partial charge in [-0.25, -0.2) is 0 Å². The number of carbonyl (C=O) groups excluding carboxylic acids is 1. The minimum atomic E-state index is -0.186. The van der Waals surface area contributed by atoms with Crippen LogP contribution in [0.15, 0.2) is 24.3 Å². The predicted molar refractivity (Wildman–Crippen MR) is 53.2 cm³/mol. The van der Waals surface area contributed by atoms with Gasteiger partial charge in [0.1, 0.15) is 6.61 Å². The van der Waals surface area contributed by atoms with Crippen LogP contribution in [-0.4, -0.2) is 19.0 Å². The number of rotatable bonds is 5. The zero-order chi connectivity index (χ0) is 10.1. The Morgan fingerprint density at radius 1 is 1.54 bits per heavy atom. The van der Waals surface area contributed by atoms with Crippen LogP contribution in [-0.2, 0) is 9.53 Å². The number of Topliss-reactive ketones (excluding diaryl/α,β-unsaturated/α-hetero) is 1. The molecule has 0 spiro atoms. The van der Waals surface area contributed by atoms with E-state index in [0.29, 0.717) is 6.61 Å². The van der Waals surface area contributed by atoms with Crippen LogP contribution in [0.25, 0.3) is 0 Å². The topological polar surface area (TPSA) is 26.3 Å². The van der Waals surface area contributed by atoms with Crippen LogP contribution in [0.3, 0.4) is 0 Å². The van der Waals surface area contributed by atoms with Crippen molar-refractivity contribution in [2.45, 2.75) is 13.8 Å². The molecule has 0 rings (SSSR count). The first-order valence-electron chi connectivity index (χ1n) is 4.02. The second kappa shape index (κ2) is 7.33. The van der Waals surface area contributed by atoms with Crippen molar-refractivity contribution in [3.63, 3.8) is 0 Å². The van der Waals surface area contributed by atoms with Gasteiger partial charge in [-0.1, -0.05) is 24.7 Å². The Hall–Kier alpha value is -1.33. The molecule has 70 valence electrons. The molecule has 0 unspecified atom stereocenters. The fraction of sp³-hybridized carbons (Fsp3) is 0.364.